The van der Waals surface area contributed by atoms with Gasteiger partial charge in [-0.1, -0.05) is 61.9 Å². The van der Waals surface area contributed by atoms with Gasteiger partial charge in [0.05, 0.1) is 5.92 Å². The quantitative estimate of drug-likeness (QED) is 0.373. The standard InChI is InChI=1S/C27H34N2O6/c1-3-9-18(25(30)29-24(26(31)32)14-8-15-34-2)16-28-27(33)35-17-23-21-12-6-4-10-19(21)20-11-5-7-13-22(20)23/h4-7,10-13,18,23-24H,3,8-9,14-17H2,1-2H3,(H,28,33)(H,29,30)(H,31,32). The summed E-state index contributed by atoms with van der Waals surface area (Å²) >= 11 is 0. The van der Waals surface area contributed by atoms with Crippen LogP contribution in [0.1, 0.15) is 49.7 Å². The van der Waals surface area contributed by atoms with Crippen molar-refractivity contribution >= 4 is 18.0 Å². The summed E-state index contributed by atoms with van der Waals surface area (Å²) in [6.45, 7) is 2.61. The first-order valence-electron chi connectivity index (χ1n) is 12.1. The molecule has 0 fully saturated rings. The molecule has 1 aliphatic rings. The van der Waals surface area contributed by atoms with E-state index in [2.05, 4.69) is 22.8 Å². The van der Waals surface area contributed by atoms with E-state index in [1.54, 1.807) is 7.11 Å². The molecule has 0 bridgehead atoms. The highest BCUT2D eigenvalue weighted by molar-refractivity contribution is 5.85. The molecule has 2 amide bonds. The molecule has 35 heavy (non-hydrogen) atoms. The SMILES string of the molecule is CCCC(CNC(=O)OCC1c2ccccc2-c2ccccc21)C(=O)NC(CCCOC)C(=O)O. The number of carbonyl (C=O) groups excluding carboxylic acids is 2. The third kappa shape index (κ3) is 6.82. The molecule has 0 heterocycles. The maximum Gasteiger partial charge on any atom is 0.407 e. The first-order valence-corrected chi connectivity index (χ1v) is 12.1. The van der Waals surface area contributed by atoms with Crippen LogP contribution >= 0.6 is 0 Å². The number of fused-ring (bicyclic) bond motifs is 3. The Morgan fingerprint density at radius 2 is 1.63 bits per heavy atom. The smallest absolute Gasteiger partial charge is 0.407 e. The molecule has 3 N–H and O–H groups in total. The number of carboxylic acids is 1. The number of amides is 2. The monoisotopic (exact) mass is 482 g/mol. The lowest BCUT2D eigenvalue weighted by molar-refractivity contribution is -0.142. The molecular weight excluding hydrogens is 448 g/mol. The molecule has 8 nitrogen and oxygen atoms in total. The van der Waals surface area contributed by atoms with Crippen molar-refractivity contribution < 1.29 is 29.0 Å². The van der Waals surface area contributed by atoms with Gasteiger partial charge in [-0.25, -0.2) is 9.59 Å². The van der Waals surface area contributed by atoms with Crippen molar-refractivity contribution in [3.8, 4) is 11.1 Å². The van der Waals surface area contributed by atoms with Crippen LogP contribution in [0.25, 0.3) is 11.1 Å². The van der Waals surface area contributed by atoms with Crippen LogP contribution < -0.4 is 10.6 Å². The van der Waals surface area contributed by atoms with Gasteiger partial charge in [-0.3, -0.25) is 4.79 Å². The molecule has 0 radical (unpaired) electrons. The number of hydrogen-bond donors (Lipinski definition) is 3. The van der Waals surface area contributed by atoms with E-state index in [0.29, 0.717) is 25.9 Å². The summed E-state index contributed by atoms with van der Waals surface area (Å²) in [4.78, 5) is 36.7. The lowest BCUT2D eigenvalue weighted by Gasteiger charge is -2.21. The molecule has 188 valence electrons. The molecule has 2 aromatic rings. The van der Waals surface area contributed by atoms with Crippen LogP contribution in [0.2, 0.25) is 0 Å². The van der Waals surface area contributed by atoms with Crippen molar-refractivity contribution in [1.82, 2.24) is 10.6 Å². The number of alkyl carbamates (subject to hydrolysis) is 1. The summed E-state index contributed by atoms with van der Waals surface area (Å²) in [5.41, 5.74) is 4.54. The fourth-order valence-electron chi connectivity index (χ4n) is 4.51. The molecule has 2 aromatic carbocycles. The van der Waals surface area contributed by atoms with Crippen molar-refractivity contribution in [2.75, 3.05) is 26.9 Å². The fourth-order valence-corrected chi connectivity index (χ4v) is 4.51. The van der Waals surface area contributed by atoms with Crippen LogP contribution in [-0.4, -0.2) is 56.0 Å². The van der Waals surface area contributed by atoms with E-state index >= 15 is 0 Å². The van der Waals surface area contributed by atoms with Gasteiger partial charge < -0.3 is 25.2 Å². The number of nitrogens with one attached hydrogen (secondary N) is 2. The Kier molecular flexibility index (Phi) is 9.66. The summed E-state index contributed by atoms with van der Waals surface area (Å²) in [7, 11) is 1.54. The van der Waals surface area contributed by atoms with Gasteiger partial charge in [0, 0.05) is 26.2 Å². The van der Waals surface area contributed by atoms with Gasteiger partial charge in [-0.2, -0.15) is 0 Å². The number of aliphatic carboxylic acids is 1. The Balaban J connectivity index is 1.54. The van der Waals surface area contributed by atoms with Crippen LogP contribution in [0.3, 0.4) is 0 Å². The zero-order valence-corrected chi connectivity index (χ0v) is 20.3. The Hall–Kier alpha value is -3.39. The minimum absolute atomic E-state index is 0.0497. The van der Waals surface area contributed by atoms with E-state index in [0.717, 1.165) is 22.3 Å². The minimum atomic E-state index is -1.09. The van der Waals surface area contributed by atoms with E-state index < -0.39 is 29.9 Å². The van der Waals surface area contributed by atoms with Crippen molar-refractivity contribution in [1.29, 1.82) is 0 Å². The highest BCUT2D eigenvalue weighted by atomic mass is 16.5. The summed E-state index contributed by atoms with van der Waals surface area (Å²) < 4.78 is 10.5. The highest BCUT2D eigenvalue weighted by Gasteiger charge is 2.29. The third-order valence-electron chi connectivity index (χ3n) is 6.30. The number of rotatable bonds is 13. The second kappa shape index (κ2) is 12.9. The van der Waals surface area contributed by atoms with Gasteiger partial charge in [0.25, 0.3) is 0 Å². The fraction of sp³-hybridized carbons (Fsp3) is 0.444. The Bertz CT molecular complexity index is 979. The van der Waals surface area contributed by atoms with Gasteiger partial charge >= 0.3 is 12.1 Å². The van der Waals surface area contributed by atoms with Crippen molar-refractivity contribution in [2.24, 2.45) is 5.92 Å². The number of benzene rings is 2. The maximum atomic E-state index is 12.7. The number of carbonyl (C=O) groups is 3. The molecule has 1 aliphatic carbocycles. The average molecular weight is 483 g/mol. The van der Waals surface area contributed by atoms with Gasteiger partial charge in [0.15, 0.2) is 0 Å². The van der Waals surface area contributed by atoms with Crippen LogP contribution in [-0.2, 0) is 19.1 Å². The van der Waals surface area contributed by atoms with Crippen molar-refractivity contribution in [3.63, 3.8) is 0 Å². The second-order valence-electron chi connectivity index (χ2n) is 8.73. The molecule has 3 rings (SSSR count). The van der Waals surface area contributed by atoms with Gasteiger partial charge in [-0.15, -0.1) is 0 Å². The number of ether oxygens (including phenoxy) is 2. The Morgan fingerprint density at radius 3 is 2.20 bits per heavy atom. The Morgan fingerprint density at radius 1 is 1.00 bits per heavy atom. The molecule has 0 aromatic heterocycles. The third-order valence-corrected chi connectivity index (χ3v) is 6.30. The van der Waals surface area contributed by atoms with Crippen molar-refractivity contribution in [3.05, 3.63) is 59.7 Å². The first-order chi connectivity index (χ1) is 17.0. The van der Waals surface area contributed by atoms with Crippen LogP contribution in [0.15, 0.2) is 48.5 Å². The summed E-state index contributed by atoms with van der Waals surface area (Å²) in [6.07, 6.45) is 1.42. The molecule has 0 spiro atoms. The predicted octanol–water partition coefficient (Wildman–Crippen LogP) is 3.94. The summed E-state index contributed by atoms with van der Waals surface area (Å²) in [6, 6.07) is 15.2. The van der Waals surface area contributed by atoms with E-state index in [4.69, 9.17) is 9.47 Å². The summed E-state index contributed by atoms with van der Waals surface area (Å²) in [5.74, 6) is -2.08. The molecule has 2 atom stereocenters. The molecular formula is C27H34N2O6. The number of hydrogen-bond acceptors (Lipinski definition) is 5. The van der Waals surface area contributed by atoms with Crippen LogP contribution in [0, 0.1) is 5.92 Å². The van der Waals surface area contributed by atoms with Crippen molar-refractivity contribution in [2.45, 2.75) is 44.6 Å². The van der Waals surface area contributed by atoms with E-state index in [1.165, 1.54) is 0 Å². The van der Waals surface area contributed by atoms with Gasteiger partial charge in [-0.05, 0) is 41.5 Å². The average Bonchev–Trinajstić information content (AvgIpc) is 3.18. The van der Waals surface area contributed by atoms with Gasteiger partial charge in [0.2, 0.25) is 5.91 Å². The zero-order chi connectivity index (χ0) is 25.2. The van der Waals surface area contributed by atoms with Crippen LogP contribution in [0.4, 0.5) is 4.79 Å². The van der Waals surface area contributed by atoms with E-state index in [-0.39, 0.29) is 25.5 Å². The first kappa shape index (κ1) is 26.2. The second-order valence-corrected chi connectivity index (χ2v) is 8.73. The number of methoxy groups -OCH3 is 1. The Labute approximate surface area is 206 Å². The minimum Gasteiger partial charge on any atom is -0.480 e. The lowest BCUT2D eigenvalue weighted by atomic mass is 9.98. The largest absolute Gasteiger partial charge is 0.480 e. The predicted molar refractivity (Wildman–Crippen MR) is 132 cm³/mol. The molecule has 2 unspecified atom stereocenters. The highest BCUT2D eigenvalue weighted by Crippen LogP contribution is 2.44. The maximum absolute atomic E-state index is 12.7. The molecule has 8 heteroatoms. The zero-order valence-electron chi connectivity index (χ0n) is 20.3. The molecule has 0 saturated carbocycles. The normalized spacial score (nSPS) is 13.9. The topological polar surface area (TPSA) is 114 Å². The molecule has 0 saturated heterocycles. The van der Waals surface area contributed by atoms with Crippen LogP contribution in [0.5, 0.6) is 0 Å². The number of carboxylic acid groups (broad SMARTS) is 1. The van der Waals surface area contributed by atoms with E-state index in [9.17, 15) is 19.5 Å². The molecule has 0 aliphatic heterocycles. The lowest BCUT2D eigenvalue weighted by Crippen LogP contribution is -2.46. The summed E-state index contributed by atoms with van der Waals surface area (Å²) in [5, 5.41) is 14.7. The van der Waals surface area contributed by atoms with E-state index in [1.807, 2.05) is 43.3 Å². The van der Waals surface area contributed by atoms with Gasteiger partial charge in [0.1, 0.15) is 12.6 Å².